The van der Waals surface area contributed by atoms with E-state index in [0.717, 1.165) is 56.9 Å². The van der Waals surface area contributed by atoms with Gasteiger partial charge >= 0.3 is 5.97 Å². The van der Waals surface area contributed by atoms with Crippen LogP contribution in [0, 0.1) is 28.6 Å². The van der Waals surface area contributed by atoms with E-state index in [1.54, 1.807) is 12.2 Å². The van der Waals surface area contributed by atoms with Crippen LogP contribution in [-0.2, 0) is 19.1 Å². The lowest BCUT2D eigenvalue weighted by Crippen LogP contribution is -2.53. The van der Waals surface area contributed by atoms with Crippen molar-refractivity contribution < 1.29 is 19.1 Å². The Kier molecular flexibility index (Phi) is 5.80. The van der Waals surface area contributed by atoms with Crippen LogP contribution < -0.4 is 0 Å². The topological polar surface area (TPSA) is 60.4 Å². The zero-order valence-corrected chi connectivity index (χ0v) is 18.7. The monoisotopic (exact) mass is 412 g/mol. The molecule has 0 amide bonds. The fraction of sp³-hybridized carbons (Fsp3) is 0.731. The van der Waals surface area contributed by atoms with Crippen molar-refractivity contribution in [1.29, 1.82) is 0 Å². The van der Waals surface area contributed by atoms with Gasteiger partial charge in [0.05, 0.1) is 0 Å². The van der Waals surface area contributed by atoms with Crippen LogP contribution in [0.1, 0.15) is 85.0 Å². The predicted molar refractivity (Wildman–Crippen MR) is 116 cm³/mol. The van der Waals surface area contributed by atoms with Crippen molar-refractivity contribution in [3.05, 3.63) is 23.8 Å². The highest BCUT2D eigenvalue weighted by Gasteiger charge is 2.60. The Morgan fingerprint density at radius 3 is 2.70 bits per heavy atom. The van der Waals surface area contributed by atoms with Crippen LogP contribution in [0.4, 0.5) is 0 Å². The summed E-state index contributed by atoms with van der Waals surface area (Å²) in [6.07, 6.45) is 14.0. The number of hydrogen-bond acceptors (Lipinski definition) is 4. The lowest BCUT2D eigenvalue weighted by Gasteiger charge is -2.57. The van der Waals surface area contributed by atoms with E-state index < -0.39 is 0 Å². The third kappa shape index (κ3) is 3.50. The number of ether oxygens (including phenoxy) is 1. The molecule has 0 aromatic rings. The summed E-state index contributed by atoms with van der Waals surface area (Å²) in [5, 5.41) is 0. The van der Waals surface area contributed by atoms with Gasteiger partial charge in [0.25, 0.3) is 0 Å². The summed E-state index contributed by atoms with van der Waals surface area (Å²) in [4.78, 5) is 37.5. The molecule has 6 atom stereocenters. The van der Waals surface area contributed by atoms with Gasteiger partial charge in [-0.05, 0) is 67.6 Å². The summed E-state index contributed by atoms with van der Waals surface area (Å²) in [7, 11) is 0. The third-order valence-corrected chi connectivity index (χ3v) is 8.77. The summed E-state index contributed by atoms with van der Waals surface area (Å²) in [6, 6.07) is 0. The molecule has 0 N–H and O–H groups in total. The number of Topliss-reactive ketones (excluding diaryl/α,β-unsaturated/α-hetero) is 1. The Bertz CT molecular complexity index is 793. The molecule has 0 heterocycles. The highest BCUT2D eigenvalue weighted by Crippen LogP contribution is 2.63. The summed E-state index contributed by atoms with van der Waals surface area (Å²) in [5.74, 6) is 1.36. The number of unbranched alkanes of at least 4 members (excludes halogenated alkanes) is 3. The number of hydrogen-bond donors (Lipinski definition) is 0. The molecule has 4 aliphatic carbocycles. The van der Waals surface area contributed by atoms with Crippen molar-refractivity contribution in [2.45, 2.75) is 91.1 Å². The Morgan fingerprint density at radius 2 is 1.93 bits per heavy atom. The molecule has 0 saturated heterocycles. The van der Waals surface area contributed by atoms with Crippen LogP contribution in [0.5, 0.6) is 0 Å². The van der Waals surface area contributed by atoms with Gasteiger partial charge in [-0.25, -0.2) is 0 Å². The molecule has 4 nitrogen and oxygen atoms in total. The van der Waals surface area contributed by atoms with Gasteiger partial charge in [-0.15, -0.1) is 0 Å². The number of fused-ring (bicyclic) bond motifs is 5. The molecule has 0 bridgehead atoms. The highest BCUT2D eigenvalue weighted by atomic mass is 16.5. The Hall–Kier alpha value is -1.71. The first-order valence-electron chi connectivity index (χ1n) is 12.0. The third-order valence-electron chi connectivity index (χ3n) is 8.77. The van der Waals surface area contributed by atoms with E-state index in [0.29, 0.717) is 36.4 Å². The molecule has 0 aromatic carbocycles. The second-order valence-corrected chi connectivity index (χ2v) is 10.4. The smallest absolute Gasteiger partial charge is 0.306 e. The van der Waals surface area contributed by atoms with Gasteiger partial charge in [0.2, 0.25) is 0 Å². The molecule has 0 aliphatic heterocycles. The number of allylic oxidation sites excluding steroid dienone is 3. The Balaban J connectivity index is 1.58. The zero-order valence-electron chi connectivity index (χ0n) is 18.7. The highest BCUT2D eigenvalue weighted by molar-refractivity contribution is 6.01. The number of esters is 1. The van der Waals surface area contributed by atoms with Crippen LogP contribution in [0.2, 0.25) is 0 Å². The normalized spacial score (nSPS) is 39.8. The molecular weight excluding hydrogens is 376 g/mol. The van der Waals surface area contributed by atoms with Crippen molar-refractivity contribution in [3.8, 4) is 0 Å². The van der Waals surface area contributed by atoms with Crippen molar-refractivity contribution in [3.63, 3.8) is 0 Å². The maximum atomic E-state index is 12.7. The van der Waals surface area contributed by atoms with E-state index in [1.165, 1.54) is 0 Å². The molecule has 3 saturated carbocycles. The van der Waals surface area contributed by atoms with Gasteiger partial charge in [0.15, 0.2) is 5.78 Å². The fourth-order valence-corrected chi connectivity index (χ4v) is 7.02. The van der Waals surface area contributed by atoms with E-state index >= 15 is 0 Å². The average molecular weight is 413 g/mol. The molecule has 0 aromatic heterocycles. The van der Waals surface area contributed by atoms with Crippen LogP contribution in [0.15, 0.2) is 23.8 Å². The maximum absolute atomic E-state index is 12.7. The molecule has 164 valence electrons. The molecule has 0 spiro atoms. The van der Waals surface area contributed by atoms with E-state index in [9.17, 15) is 14.4 Å². The zero-order chi connectivity index (χ0) is 21.5. The van der Waals surface area contributed by atoms with Crippen LogP contribution in [-0.4, -0.2) is 23.6 Å². The van der Waals surface area contributed by atoms with Gasteiger partial charge in [-0.1, -0.05) is 46.1 Å². The summed E-state index contributed by atoms with van der Waals surface area (Å²) >= 11 is 0. The Morgan fingerprint density at radius 1 is 1.13 bits per heavy atom. The molecule has 3 fully saturated rings. The molecule has 30 heavy (non-hydrogen) atoms. The van der Waals surface area contributed by atoms with E-state index in [4.69, 9.17) is 4.74 Å². The molecule has 4 aliphatic rings. The lowest BCUT2D eigenvalue weighted by atomic mass is 9.48. The van der Waals surface area contributed by atoms with Gasteiger partial charge in [0.1, 0.15) is 11.9 Å². The molecule has 4 rings (SSSR count). The average Bonchev–Trinajstić information content (AvgIpc) is 3.01. The van der Waals surface area contributed by atoms with Gasteiger partial charge in [0, 0.05) is 23.7 Å². The van der Waals surface area contributed by atoms with Crippen LogP contribution in [0.25, 0.3) is 0 Å². The fourth-order valence-electron chi connectivity index (χ4n) is 7.02. The van der Waals surface area contributed by atoms with Crippen LogP contribution >= 0.6 is 0 Å². The van der Waals surface area contributed by atoms with E-state index in [1.807, 2.05) is 0 Å². The molecular formula is C26H36O4. The Labute approximate surface area is 180 Å². The van der Waals surface area contributed by atoms with Crippen molar-refractivity contribution >= 4 is 17.5 Å². The molecule has 4 heteroatoms. The first-order valence-corrected chi connectivity index (χ1v) is 12.0. The van der Waals surface area contributed by atoms with Crippen molar-refractivity contribution in [1.82, 2.24) is 0 Å². The first-order chi connectivity index (χ1) is 14.3. The second kappa shape index (κ2) is 8.09. The first kappa shape index (κ1) is 21.5. The van der Waals surface area contributed by atoms with Gasteiger partial charge in [-0.2, -0.15) is 0 Å². The molecule has 0 unspecified atom stereocenters. The molecule has 0 radical (unpaired) electrons. The predicted octanol–water partition coefficient (Wildman–Crippen LogP) is 5.36. The maximum Gasteiger partial charge on any atom is 0.306 e. The number of carbonyl (C=O) groups excluding carboxylic acids is 3. The quantitative estimate of drug-likeness (QED) is 0.435. The minimum atomic E-state index is -0.345. The summed E-state index contributed by atoms with van der Waals surface area (Å²) < 4.78 is 6.03. The van der Waals surface area contributed by atoms with Gasteiger partial charge in [-0.3, -0.25) is 14.4 Å². The standard InChI is InChI=1S/C26H36O4/c1-4-5-6-7-8-24(29)30-22-16-18-19-9-10-23(28)26(19,3)14-12-20(18)25(2)13-11-17(27)15-21(22)25/h11,13,15,18-20,22H,4-10,12,14,16H2,1-3H3/t18-,19-,20-,22-,25+,26-/m0/s1. The van der Waals surface area contributed by atoms with Crippen LogP contribution in [0.3, 0.4) is 0 Å². The summed E-state index contributed by atoms with van der Waals surface area (Å²) in [5.41, 5.74) is 0.490. The summed E-state index contributed by atoms with van der Waals surface area (Å²) in [6.45, 7) is 6.52. The second-order valence-electron chi connectivity index (χ2n) is 10.4. The SMILES string of the molecule is CCCCCCC(=O)O[C@H]1C[C@@H]2[C@H](CC[C@]3(C)C(=O)CC[C@@H]23)[C@@]2(C)C=CC(=O)C=C12. The number of carbonyl (C=O) groups is 3. The largest absolute Gasteiger partial charge is 0.458 e. The van der Waals surface area contributed by atoms with E-state index in [2.05, 4.69) is 26.8 Å². The number of ketones is 2. The minimum absolute atomic E-state index is 0.0124. The van der Waals surface area contributed by atoms with Crippen molar-refractivity contribution in [2.75, 3.05) is 0 Å². The number of rotatable bonds is 6. The minimum Gasteiger partial charge on any atom is -0.458 e. The lowest BCUT2D eigenvalue weighted by molar-refractivity contribution is -0.154. The van der Waals surface area contributed by atoms with E-state index in [-0.39, 0.29) is 28.7 Å². The van der Waals surface area contributed by atoms with Crippen molar-refractivity contribution in [2.24, 2.45) is 28.6 Å². The van der Waals surface area contributed by atoms with Gasteiger partial charge < -0.3 is 4.74 Å².